The highest BCUT2D eigenvalue weighted by Gasteiger charge is 2.19. The van der Waals surface area contributed by atoms with E-state index in [1.54, 1.807) is 58.2 Å². The Morgan fingerprint density at radius 1 is 0.930 bits per heavy atom. The number of fused-ring (bicyclic) bond motifs is 1. The van der Waals surface area contributed by atoms with E-state index in [0.29, 0.717) is 48.9 Å². The highest BCUT2D eigenvalue weighted by Crippen LogP contribution is 2.27. The van der Waals surface area contributed by atoms with Gasteiger partial charge in [-0.3, -0.25) is 14.7 Å². The third-order valence-corrected chi connectivity index (χ3v) is 7.40. The number of rotatable bonds is 6. The topological polar surface area (TPSA) is 144 Å². The molecule has 1 aliphatic heterocycles. The lowest BCUT2D eigenvalue weighted by atomic mass is 10.1. The van der Waals surface area contributed by atoms with Crippen LogP contribution in [0.4, 0.5) is 0 Å². The van der Waals surface area contributed by atoms with Gasteiger partial charge in [-0.05, 0) is 72.3 Å². The van der Waals surface area contributed by atoms with Crippen molar-refractivity contribution < 1.29 is 14.6 Å². The first-order chi connectivity index (χ1) is 21.0. The number of carbonyl (C=O) groups is 1. The average Bonchev–Trinajstić information content (AvgIpc) is 3.70. The first-order valence-electron chi connectivity index (χ1n) is 13.8. The Morgan fingerprint density at radius 3 is 2.51 bits per heavy atom. The molecule has 1 amide bonds. The molecule has 12 nitrogen and oxygen atoms in total. The number of benzene rings is 3. The molecule has 1 saturated heterocycles. The predicted molar refractivity (Wildman–Crippen MR) is 158 cm³/mol. The zero-order valence-electron chi connectivity index (χ0n) is 22.9. The Kier molecular flexibility index (Phi) is 6.72. The highest BCUT2D eigenvalue weighted by atomic mass is 16.5. The SMILES string of the molecule is O=C(c1ccc(-n2cc(-c3n[nH]c4ccc(Cn5nc(-c6ccc(O)cc6)ccc5=O)cc34)nn2)cc1)N1CCOCC1. The summed E-state index contributed by atoms with van der Waals surface area (Å²) in [5, 5.41) is 31.1. The molecular formula is C31H26N8O4. The first-order valence-corrected chi connectivity index (χ1v) is 13.8. The second kappa shape index (κ2) is 11.0. The molecule has 3 aromatic carbocycles. The number of nitrogens with one attached hydrogen (secondary N) is 1. The van der Waals surface area contributed by atoms with E-state index in [1.807, 2.05) is 30.3 Å². The molecule has 0 aliphatic carbocycles. The normalized spacial score (nSPS) is 13.4. The largest absolute Gasteiger partial charge is 0.508 e. The summed E-state index contributed by atoms with van der Waals surface area (Å²) in [6.45, 7) is 2.54. The van der Waals surface area contributed by atoms with Gasteiger partial charge in [0.2, 0.25) is 0 Å². The van der Waals surface area contributed by atoms with Gasteiger partial charge >= 0.3 is 0 Å². The number of aromatic hydroxyl groups is 1. The number of morpholine rings is 1. The van der Waals surface area contributed by atoms with E-state index in [4.69, 9.17) is 4.74 Å². The predicted octanol–water partition coefficient (Wildman–Crippen LogP) is 3.26. The third-order valence-electron chi connectivity index (χ3n) is 7.40. The summed E-state index contributed by atoms with van der Waals surface area (Å²) in [5.41, 5.74) is 5.44. The summed E-state index contributed by atoms with van der Waals surface area (Å²) in [6, 6.07) is 22.9. The minimum absolute atomic E-state index is 0.0162. The number of carbonyl (C=O) groups excluding carboxylic acids is 1. The number of ether oxygens (including phenoxy) is 1. The number of hydrogen-bond acceptors (Lipinski definition) is 8. The lowest BCUT2D eigenvalue weighted by Gasteiger charge is -2.26. The molecule has 1 fully saturated rings. The summed E-state index contributed by atoms with van der Waals surface area (Å²) in [5.74, 6) is 0.146. The van der Waals surface area contributed by atoms with Gasteiger partial charge in [0.1, 0.15) is 17.1 Å². The molecule has 7 rings (SSSR count). The van der Waals surface area contributed by atoms with Gasteiger partial charge in [0.15, 0.2) is 0 Å². The Hall–Kier alpha value is -5.62. The minimum atomic E-state index is -0.226. The van der Waals surface area contributed by atoms with Gasteiger partial charge in [0.05, 0.1) is 42.9 Å². The molecule has 1 aliphatic rings. The van der Waals surface area contributed by atoms with Gasteiger partial charge < -0.3 is 14.7 Å². The Bertz CT molecular complexity index is 1990. The van der Waals surface area contributed by atoms with E-state index in [0.717, 1.165) is 27.7 Å². The molecule has 6 aromatic rings. The van der Waals surface area contributed by atoms with Crippen molar-refractivity contribution in [3.05, 3.63) is 107 Å². The molecule has 4 heterocycles. The lowest BCUT2D eigenvalue weighted by molar-refractivity contribution is 0.0303. The molecule has 0 saturated carbocycles. The molecule has 0 spiro atoms. The van der Waals surface area contributed by atoms with Gasteiger partial charge in [-0.25, -0.2) is 9.36 Å². The summed E-state index contributed by atoms with van der Waals surface area (Å²) in [7, 11) is 0. The number of aromatic nitrogens is 7. The standard InChI is InChI=1S/C31H26N8O4/c40-24-8-4-21(5-9-24)26-11-12-29(41)39(35-26)18-20-1-10-27-25(17-20)30(34-32-27)28-19-38(36-33-28)23-6-2-22(3-7-23)31(42)37-13-15-43-16-14-37/h1-12,17,19,40H,13-16,18H2,(H,32,34). The average molecular weight is 575 g/mol. The van der Waals surface area contributed by atoms with Crippen LogP contribution in [-0.4, -0.2) is 77.2 Å². The molecule has 0 atom stereocenters. The van der Waals surface area contributed by atoms with E-state index in [9.17, 15) is 14.7 Å². The van der Waals surface area contributed by atoms with Gasteiger partial charge in [-0.15, -0.1) is 5.10 Å². The molecule has 43 heavy (non-hydrogen) atoms. The molecule has 3 aromatic heterocycles. The molecular weight excluding hydrogens is 548 g/mol. The van der Waals surface area contributed by atoms with Crippen LogP contribution in [-0.2, 0) is 11.3 Å². The Labute approximate surface area is 244 Å². The third kappa shape index (κ3) is 5.26. The van der Waals surface area contributed by atoms with Crippen LogP contribution in [0.2, 0.25) is 0 Å². The van der Waals surface area contributed by atoms with Crippen LogP contribution in [0.15, 0.2) is 89.9 Å². The number of phenolic OH excluding ortho intramolecular Hbond substituents is 1. The van der Waals surface area contributed by atoms with Crippen molar-refractivity contribution in [3.63, 3.8) is 0 Å². The van der Waals surface area contributed by atoms with Crippen LogP contribution in [0.25, 0.3) is 39.2 Å². The monoisotopic (exact) mass is 574 g/mol. The molecule has 0 bridgehead atoms. The van der Waals surface area contributed by atoms with Crippen molar-refractivity contribution in [2.75, 3.05) is 26.3 Å². The van der Waals surface area contributed by atoms with Crippen LogP contribution < -0.4 is 5.56 Å². The minimum Gasteiger partial charge on any atom is -0.508 e. The van der Waals surface area contributed by atoms with Crippen molar-refractivity contribution in [2.45, 2.75) is 6.54 Å². The Morgan fingerprint density at radius 2 is 1.72 bits per heavy atom. The van der Waals surface area contributed by atoms with Gasteiger partial charge in [0.25, 0.3) is 11.5 Å². The van der Waals surface area contributed by atoms with Crippen LogP contribution in [0.1, 0.15) is 15.9 Å². The van der Waals surface area contributed by atoms with E-state index in [-0.39, 0.29) is 23.8 Å². The number of aromatic amines is 1. The molecule has 214 valence electrons. The molecule has 12 heteroatoms. The summed E-state index contributed by atoms with van der Waals surface area (Å²) in [6.07, 6.45) is 1.79. The fourth-order valence-corrected chi connectivity index (χ4v) is 5.08. The zero-order valence-corrected chi connectivity index (χ0v) is 22.9. The van der Waals surface area contributed by atoms with Crippen molar-refractivity contribution in [2.24, 2.45) is 0 Å². The number of nitrogens with zero attached hydrogens (tertiary/aromatic N) is 7. The molecule has 2 N–H and O–H groups in total. The number of H-pyrrole nitrogens is 1. The van der Waals surface area contributed by atoms with Crippen LogP contribution >= 0.6 is 0 Å². The van der Waals surface area contributed by atoms with Crippen molar-refractivity contribution in [3.8, 4) is 34.1 Å². The number of amides is 1. The van der Waals surface area contributed by atoms with E-state index < -0.39 is 0 Å². The smallest absolute Gasteiger partial charge is 0.267 e. The van der Waals surface area contributed by atoms with Gasteiger partial charge in [-0.1, -0.05) is 11.3 Å². The van der Waals surface area contributed by atoms with Gasteiger partial charge in [-0.2, -0.15) is 10.2 Å². The van der Waals surface area contributed by atoms with Crippen molar-refractivity contribution in [1.29, 1.82) is 0 Å². The van der Waals surface area contributed by atoms with Gasteiger partial charge in [0, 0.05) is 35.7 Å². The van der Waals surface area contributed by atoms with Crippen molar-refractivity contribution in [1.82, 2.24) is 39.9 Å². The molecule has 0 radical (unpaired) electrons. The summed E-state index contributed by atoms with van der Waals surface area (Å²) >= 11 is 0. The number of hydrogen-bond donors (Lipinski definition) is 2. The van der Waals surface area contributed by atoms with Crippen LogP contribution in [0.5, 0.6) is 5.75 Å². The Balaban J connectivity index is 1.13. The highest BCUT2D eigenvalue weighted by molar-refractivity contribution is 5.94. The van der Waals surface area contributed by atoms with Crippen LogP contribution in [0.3, 0.4) is 0 Å². The van der Waals surface area contributed by atoms with Crippen LogP contribution in [0, 0.1) is 0 Å². The van der Waals surface area contributed by atoms with Crippen molar-refractivity contribution >= 4 is 16.8 Å². The fourth-order valence-electron chi connectivity index (χ4n) is 5.08. The fraction of sp³-hybridized carbons (Fsp3) is 0.161. The zero-order chi connectivity index (χ0) is 29.3. The second-order valence-corrected chi connectivity index (χ2v) is 10.2. The number of phenols is 1. The summed E-state index contributed by atoms with van der Waals surface area (Å²) in [4.78, 5) is 27.2. The maximum absolute atomic E-state index is 12.8. The maximum atomic E-state index is 12.8. The first kappa shape index (κ1) is 26.3. The lowest BCUT2D eigenvalue weighted by Crippen LogP contribution is -2.40. The quantitative estimate of drug-likeness (QED) is 0.309. The van der Waals surface area contributed by atoms with E-state index in [1.165, 1.54) is 10.7 Å². The van der Waals surface area contributed by atoms with E-state index >= 15 is 0 Å². The second-order valence-electron chi connectivity index (χ2n) is 10.2. The van der Waals surface area contributed by atoms with E-state index in [2.05, 4.69) is 25.6 Å². The maximum Gasteiger partial charge on any atom is 0.267 e. The summed E-state index contributed by atoms with van der Waals surface area (Å²) < 4.78 is 8.39. The molecule has 0 unspecified atom stereocenters.